The molecule has 0 saturated carbocycles. The largest absolute Gasteiger partial charge is 0.369 e. The maximum Gasteiger partial charge on any atom is 0.247 e. The lowest BCUT2D eigenvalue weighted by Crippen LogP contribution is -2.44. The van der Waals surface area contributed by atoms with Crippen LogP contribution in [0.5, 0.6) is 0 Å². The predicted octanol–water partition coefficient (Wildman–Crippen LogP) is 4.61. The Labute approximate surface area is 212 Å². The molecule has 36 heavy (non-hydrogen) atoms. The quantitative estimate of drug-likeness (QED) is 0.428. The maximum atomic E-state index is 11.8. The van der Waals surface area contributed by atoms with Crippen LogP contribution in [0, 0.1) is 0 Å². The Morgan fingerprint density at radius 2 is 1.86 bits per heavy atom. The van der Waals surface area contributed by atoms with Gasteiger partial charge in [0.15, 0.2) is 0 Å². The Hall–Kier alpha value is -4.23. The molecule has 0 radical (unpaired) electrons. The average molecular weight is 481 g/mol. The van der Waals surface area contributed by atoms with Gasteiger partial charge in [-0.3, -0.25) is 14.8 Å². The number of carbonyl (C=O) groups is 1. The van der Waals surface area contributed by atoms with Crippen LogP contribution in [-0.2, 0) is 4.79 Å². The molecular weight excluding hydrogens is 448 g/mol. The van der Waals surface area contributed by atoms with Crippen molar-refractivity contribution in [2.24, 2.45) is 9.98 Å². The molecule has 7 heteroatoms. The monoisotopic (exact) mass is 480 g/mol. The summed E-state index contributed by atoms with van der Waals surface area (Å²) in [7, 11) is 2.16. The normalized spacial score (nSPS) is 18.1. The van der Waals surface area contributed by atoms with E-state index in [2.05, 4.69) is 70.0 Å². The van der Waals surface area contributed by atoms with E-state index < -0.39 is 0 Å². The summed E-state index contributed by atoms with van der Waals surface area (Å²) in [6.45, 7) is 11.8. The lowest BCUT2D eigenvalue weighted by atomic mass is 9.92. The molecular formula is C29H32N6O. The molecule has 0 unspecified atom stereocenters. The van der Waals surface area contributed by atoms with Gasteiger partial charge in [-0.05, 0) is 61.8 Å². The SMILES string of the molecule is C=CC(=O)Nc1cccc(C2=CC=C/C(=C/N=C)C2=NCNc2ccc(N3CCN(C)CC3)cc2)c1. The van der Waals surface area contributed by atoms with Gasteiger partial charge < -0.3 is 20.4 Å². The van der Waals surface area contributed by atoms with E-state index in [1.807, 2.05) is 42.5 Å². The molecule has 7 nitrogen and oxygen atoms in total. The van der Waals surface area contributed by atoms with E-state index in [1.54, 1.807) is 6.20 Å². The van der Waals surface area contributed by atoms with Crippen LogP contribution in [0.2, 0.25) is 0 Å². The highest BCUT2D eigenvalue weighted by Gasteiger charge is 2.17. The number of nitrogens with zero attached hydrogens (tertiary/aromatic N) is 4. The van der Waals surface area contributed by atoms with Gasteiger partial charge in [-0.1, -0.05) is 36.9 Å². The van der Waals surface area contributed by atoms with Crippen LogP contribution in [-0.4, -0.2) is 63.1 Å². The van der Waals surface area contributed by atoms with Gasteiger partial charge in [-0.25, -0.2) is 0 Å². The third kappa shape index (κ3) is 6.25. The minimum Gasteiger partial charge on any atom is -0.369 e. The molecule has 0 aromatic heterocycles. The summed E-state index contributed by atoms with van der Waals surface area (Å²) in [6, 6.07) is 16.2. The molecule has 1 amide bonds. The summed E-state index contributed by atoms with van der Waals surface area (Å²) < 4.78 is 0. The molecule has 1 aliphatic carbocycles. The summed E-state index contributed by atoms with van der Waals surface area (Å²) >= 11 is 0. The number of piperazine rings is 1. The number of carbonyl (C=O) groups excluding carboxylic acids is 1. The first-order chi connectivity index (χ1) is 17.6. The lowest BCUT2D eigenvalue weighted by molar-refractivity contribution is -0.111. The third-order valence-electron chi connectivity index (χ3n) is 6.18. The number of aliphatic imine (C=N–C) groups is 2. The maximum absolute atomic E-state index is 11.8. The minimum atomic E-state index is -0.252. The van der Waals surface area contributed by atoms with Crippen molar-refractivity contribution in [3.63, 3.8) is 0 Å². The fourth-order valence-corrected chi connectivity index (χ4v) is 4.20. The second kappa shape index (κ2) is 12.0. The van der Waals surface area contributed by atoms with Gasteiger partial charge in [0.05, 0.1) is 5.71 Å². The van der Waals surface area contributed by atoms with Crippen molar-refractivity contribution in [1.82, 2.24) is 4.90 Å². The van der Waals surface area contributed by atoms with Crippen LogP contribution in [0.3, 0.4) is 0 Å². The molecule has 2 N–H and O–H groups in total. The van der Waals surface area contributed by atoms with Crippen molar-refractivity contribution in [3.8, 4) is 0 Å². The highest BCUT2D eigenvalue weighted by Crippen LogP contribution is 2.27. The first-order valence-corrected chi connectivity index (χ1v) is 12.0. The summed E-state index contributed by atoms with van der Waals surface area (Å²) in [6.07, 6.45) is 8.90. The number of rotatable bonds is 8. The van der Waals surface area contributed by atoms with Crippen molar-refractivity contribution >= 4 is 41.0 Å². The van der Waals surface area contributed by atoms with E-state index in [4.69, 9.17) is 4.99 Å². The van der Waals surface area contributed by atoms with Crippen molar-refractivity contribution in [2.75, 3.05) is 55.4 Å². The number of anilines is 3. The molecule has 1 saturated heterocycles. The number of allylic oxidation sites excluding steroid dienone is 5. The standard InChI is InChI=1S/C29H32N6O/c1-4-28(36)33-25-9-5-7-22(19-25)27-10-6-8-23(20-30-2)29(27)32-21-31-24-11-13-26(14-12-24)35-17-15-34(3)16-18-35/h4-14,19-20,31H,1-2,15-18,21H2,3H3,(H,33,36)/b23-20-,32-29?. The van der Waals surface area contributed by atoms with Crippen LogP contribution < -0.4 is 15.5 Å². The number of likely N-dealkylation sites (N-methyl/N-ethyl adjacent to an activating group) is 1. The van der Waals surface area contributed by atoms with Crippen molar-refractivity contribution in [3.05, 3.63) is 96.8 Å². The van der Waals surface area contributed by atoms with Gasteiger partial charge in [0.2, 0.25) is 5.91 Å². The molecule has 1 fully saturated rings. The van der Waals surface area contributed by atoms with E-state index in [9.17, 15) is 4.79 Å². The zero-order valence-corrected chi connectivity index (χ0v) is 20.7. The van der Waals surface area contributed by atoms with E-state index in [0.29, 0.717) is 12.4 Å². The number of hydrogen-bond donors (Lipinski definition) is 2. The van der Waals surface area contributed by atoms with Crippen LogP contribution in [0.4, 0.5) is 17.1 Å². The lowest BCUT2D eigenvalue weighted by Gasteiger charge is -2.34. The minimum absolute atomic E-state index is 0.252. The summed E-state index contributed by atoms with van der Waals surface area (Å²) in [5, 5.41) is 6.22. The molecule has 2 aromatic carbocycles. The molecule has 184 valence electrons. The summed E-state index contributed by atoms with van der Waals surface area (Å²) in [5.74, 6) is -0.252. The molecule has 4 rings (SSSR count). The van der Waals surface area contributed by atoms with Crippen LogP contribution in [0.1, 0.15) is 5.56 Å². The van der Waals surface area contributed by atoms with Crippen molar-refractivity contribution < 1.29 is 4.79 Å². The zero-order valence-electron chi connectivity index (χ0n) is 20.7. The van der Waals surface area contributed by atoms with Crippen LogP contribution in [0.25, 0.3) is 5.57 Å². The Morgan fingerprint density at radius 1 is 1.08 bits per heavy atom. The van der Waals surface area contributed by atoms with Crippen molar-refractivity contribution in [2.45, 2.75) is 0 Å². The van der Waals surface area contributed by atoms with E-state index in [0.717, 1.165) is 54.3 Å². The molecule has 0 bridgehead atoms. The fraction of sp³-hybridized carbons (Fsp3) is 0.207. The van der Waals surface area contributed by atoms with Crippen LogP contribution in [0.15, 0.2) is 101 Å². The van der Waals surface area contributed by atoms with Gasteiger partial charge >= 0.3 is 0 Å². The molecule has 0 spiro atoms. The molecule has 1 heterocycles. The molecule has 1 aliphatic heterocycles. The Morgan fingerprint density at radius 3 is 2.58 bits per heavy atom. The summed E-state index contributed by atoms with van der Waals surface area (Å²) in [5.41, 5.74) is 6.50. The second-order valence-corrected chi connectivity index (χ2v) is 8.66. The van der Waals surface area contributed by atoms with Crippen molar-refractivity contribution in [1.29, 1.82) is 0 Å². The zero-order chi connectivity index (χ0) is 25.3. The van der Waals surface area contributed by atoms with Gasteiger partial charge in [0, 0.05) is 60.6 Å². The highest BCUT2D eigenvalue weighted by molar-refractivity contribution is 6.34. The smallest absolute Gasteiger partial charge is 0.247 e. The average Bonchev–Trinajstić information content (AvgIpc) is 2.90. The fourth-order valence-electron chi connectivity index (χ4n) is 4.20. The highest BCUT2D eigenvalue weighted by atomic mass is 16.1. The number of nitrogens with one attached hydrogen (secondary N) is 2. The molecule has 0 atom stereocenters. The molecule has 2 aliphatic rings. The Balaban J connectivity index is 1.49. The van der Waals surface area contributed by atoms with Gasteiger partial charge in [0.25, 0.3) is 0 Å². The topological polar surface area (TPSA) is 72.3 Å². The Kier molecular flexibility index (Phi) is 8.26. The Bertz CT molecular complexity index is 1230. The molecule has 2 aromatic rings. The number of benzene rings is 2. The van der Waals surface area contributed by atoms with Gasteiger partial charge in [0.1, 0.15) is 6.67 Å². The predicted molar refractivity (Wildman–Crippen MR) is 152 cm³/mol. The summed E-state index contributed by atoms with van der Waals surface area (Å²) in [4.78, 5) is 25.4. The number of hydrogen-bond acceptors (Lipinski definition) is 6. The second-order valence-electron chi connectivity index (χ2n) is 8.66. The van der Waals surface area contributed by atoms with Crippen LogP contribution >= 0.6 is 0 Å². The van der Waals surface area contributed by atoms with E-state index >= 15 is 0 Å². The van der Waals surface area contributed by atoms with E-state index in [1.165, 1.54) is 11.8 Å². The first kappa shape index (κ1) is 24.9. The third-order valence-corrected chi connectivity index (χ3v) is 6.18. The number of amides is 1. The first-order valence-electron chi connectivity index (χ1n) is 12.0. The van der Waals surface area contributed by atoms with Gasteiger partial charge in [-0.2, -0.15) is 0 Å². The van der Waals surface area contributed by atoms with Gasteiger partial charge in [-0.15, -0.1) is 0 Å². The van der Waals surface area contributed by atoms with E-state index in [-0.39, 0.29) is 5.91 Å².